The van der Waals surface area contributed by atoms with Crippen LogP contribution >= 0.6 is 11.3 Å². The highest BCUT2D eigenvalue weighted by Crippen LogP contribution is 2.39. The summed E-state index contributed by atoms with van der Waals surface area (Å²) in [7, 11) is 0. The molecule has 0 spiro atoms. The van der Waals surface area contributed by atoms with E-state index >= 15 is 0 Å². The molecule has 1 fully saturated rings. The fourth-order valence-electron chi connectivity index (χ4n) is 3.56. The summed E-state index contributed by atoms with van der Waals surface area (Å²) in [5, 5.41) is 10.8. The number of hydrogen-bond donors (Lipinski definition) is 1. The van der Waals surface area contributed by atoms with Crippen molar-refractivity contribution in [1.29, 1.82) is 0 Å². The first-order chi connectivity index (χ1) is 11.7. The minimum atomic E-state index is -0.734. The first kappa shape index (κ1) is 15.3. The molecule has 1 aliphatic rings. The number of thiophene rings is 1. The van der Waals surface area contributed by atoms with Crippen molar-refractivity contribution >= 4 is 27.4 Å². The van der Waals surface area contributed by atoms with Crippen molar-refractivity contribution in [3.63, 3.8) is 0 Å². The topological polar surface area (TPSA) is 53.4 Å². The monoisotopic (exact) mass is 338 g/mol. The van der Waals surface area contributed by atoms with Gasteiger partial charge in [0.05, 0.1) is 6.04 Å². The maximum atomic E-state index is 11.7. The SMILES string of the molecule is O=C(O)C1CCCN1C(c1cccnc1)c1cc2ccccc2s1. The number of carbonyl (C=O) groups is 1. The van der Waals surface area contributed by atoms with Crippen molar-refractivity contribution in [3.05, 3.63) is 65.3 Å². The number of fused-ring (bicyclic) bond motifs is 1. The van der Waals surface area contributed by atoms with Gasteiger partial charge in [-0.05, 0) is 42.0 Å². The molecule has 0 aliphatic carbocycles. The Morgan fingerprint density at radius 2 is 2.17 bits per heavy atom. The molecule has 0 amide bonds. The van der Waals surface area contributed by atoms with Crippen molar-refractivity contribution in [2.24, 2.45) is 0 Å². The molecule has 1 saturated heterocycles. The van der Waals surface area contributed by atoms with E-state index in [-0.39, 0.29) is 6.04 Å². The van der Waals surface area contributed by atoms with Gasteiger partial charge in [0.1, 0.15) is 6.04 Å². The molecule has 24 heavy (non-hydrogen) atoms. The second-order valence-electron chi connectivity index (χ2n) is 6.11. The molecule has 4 rings (SSSR count). The second kappa shape index (κ2) is 6.34. The molecular weight excluding hydrogens is 320 g/mol. The first-order valence-electron chi connectivity index (χ1n) is 8.11. The van der Waals surface area contributed by atoms with Gasteiger partial charge in [-0.15, -0.1) is 11.3 Å². The van der Waals surface area contributed by atoms with Gasteiger partial charge in [0, 0.05) is 28.5 Å². The molecule has 122 valence electrons. The Kier molecular flexibility index (Phi) is 4.04. The van der Waals surface area contributed by atoms with E-state index in [4.69, 9.17) is 0 Å². The van der Waals surface area contributed by atoms with E-state index in [0.29, 0.717) is 6.42 Å². The highest BCUT2D eigenvalue weighted by Gasteiger charge is 2.37. The number of nitrogens with zero attached hydrogens (tertiary/aromatic N) is 2. The quantitative estimate of drug-likeness (QED) is 0.783. The zero-order valence-corrected chi connectivity index (χ0v) is 13.9. The summed E-state index contributed by atoms with van der Waals surface area (Å²) < 4.78 is 1.23. The smallest absolute Gasteiger partial charge is 0.320 e. The van der Waals surface area contributed by atoms with Gasteiger partial charge in [0.2, 0.25) is 0 Å². The molecule has 3 aromatic rings. The lowest BCUT2D eigenvalue weighted by Crippen LogP contribution is -2.39. The normalized spacial score (nSPS) is 19.6. The van der Waals surface area contributed by atoms with Gasteiger partial charge >= 0.3 is 5.97 Å². The third-order valence-electron chi connectivity index (χ3n) is 4.63. The second-order valence-corrected chi connectivity index (χ2v) is 7.22. The lowest BCUT2D eigenvalue weighted by Gasteiger charge is -2.30. The number of rotatable bonds is 4. The summed E-state index contributed by atoms with van der Waals surface area (Å²) in [4.78, 5) is 19.2. The van der Waals surface area contributed by atoms with E-state index in [2.05, 4.69) is 28.1 Å². The van der Waals surface area contributed by atoms with Crippen LogP contribution in [0.4, 0.5) is 0 Å². The number of pyridine rings is 1. The standard InChI is InChI=1S/C19H18N2O2S/c22-19(23)15-7-4-10-21(15)18(14-6-3-9-20-12-14)17-11-13-5-1-2-8-16(13)24-17/h1-3,5-6,8-9,11-12,15,18H,4,7,10H2,(H,22,23). The van der Waals surface area contributed by atoms with Crippen LogP contribution in [-0.4, -0.2) is 33.5 Å². The van der Waals surface area contributed by atoms with Crippen molar-refractivity contribution in [1.82, 2.24) is 9.88 Å². The van der Waals surface area contributed by atoms with E-state index in [1.54, 1.807) is 17.5 Å². The molecule has 1 aliphatic heterocycles. The molecule has 1 N–H and O–H groups in total. The van der Waals surface area contributed by atoms with Gasteiger partial charge in [0.15, 0.2) is 0 Å². The summed E-state index contributed by atoms with van der Waals surface area (Å²) >= 11 is 1.74. The molecule has 1 aromatic carbocycles. The van der Waals surface area contributed by atoms with Gasteiger partial charge in [-0.2, -0.15) is 0 Å². The van der Waals surface area contributed by atoms with Gasteiger partial charge in [0.25, 0.3) is 0 Å². The first-order valence-corrected chi connectivity index (χ1v) is 8.92. The molecular formula is C19H18N2O2S. The Labute approximate surface area is 144 Å². The van der Waals surface area contributed by atoms with E-state index in [0.717, 1.165) is 18.5 Å². The Balaban J connectivity index is 1.83. The molecule has 2 aromatic heterocycles. The average molecular weight is 338 g/mol. The fourth-order valence-corrected chi connectivity index (χ4v) is 4.77. The van der Waals surface area contributed by atoms with Gasteiger partial charge in [-0.1, -0.05) is 24.3 Å². The molecule has 2 atom stereocenters. The third kappa shape index (κ3) is 2.70. The predicted octanol–water partition coefficient (Wildman–Crippen LogP) is 3.93. The molecule has 2 unspecified atom stereocenters. The van der Waals surface area contributed by atoms with Crippen molar-refractivity contribution in [2.75, 3.05) is 6.54 Å². The highest BCUT2D eigenvalue weighted by atomic mass is 32.1. The zero-order valence-electron chi connectivity index (χ0n) is 13.1. The van der Waals surface area contributed by atoms with Gasteiger partial charge < -0.3 is 5.11 Å². The van der Waals surface area contributed by atoms with Crippen molar-refractivity contribution < 1.29 is 9.90 Å². The van der Waals surface area contributed by atoms with E-state index in [9.17, 15) is 9.90 Å². The van der Waals surface area contributed by atoms with Crippen LogP contribution in [-0.2, 0) is 4.79 Å². The van der Waals surface area contributed by atoms with Crippen molar-refractivity contribution in [3.8, 4) is 0 Å². The third-order valence-corrected chi connectivity index (χ3v) is 5.79. The summed E-state index contributed by atoms with van der Waals surface area (Å²) in [6.45, 7) is 0.796. The van der Waals surface area contributed by atoms with Gasteiger partial charge in [-0.25, -0.2) is 0 Å². The number of benzene rings is 1. The molecule has 0 radical (unpaired) electrons. The van der Waals surface area contributed by atoms with Crippen molar-refractivity contribution in [2.45, 2.75) is 24.9 Å². The summed E-state index contributed by atoms with van der Waals surface area (Å²) in [5.74, 6) is -0.734. The van der Waals surface area contributed by atoms with Crippen LogP contribution in [0.2, 0.25) is 0 Å². The van der Waals surface area contributed by atoms with Gasteiger partial charge in [-0.3, -0.25) is 14.7 Å². The molecule has 0 saturated carbocycles. The average Bonchev–Trinajstić information content (AvgIpc) is 3.23. The summed E-state index contributed by atoms with van der Waals surface area (Å²) in [6, 6.07) is 14.0. The molecule has 4 nitrogen and oxygen atoms in total. The molecule has 0 bridgehead atoms. The Morgan fingerprint density at radius 1 is 1.29 bits per heavy atom. The van der Waals surface area contributed by atoms with Crippen LogP contribution in [0.3, 0.4) is 0 Å². The number of likely N-dealkylation sites (tertiary alicyclic amines) is 1. The Hall–Kier alpha value is -2.24. The lowest BCUT2D eigenvalue weighted by molar-refractivity contribution is -0.142. The minimum Gasteiger partial charge on any atom is -0.480 e. The number of carboxylic acid groups (broad SMARTS) is 1. The van der Waals surface area contributed by atoms with E-state index < -0.39 is 12.0 Å². The molecule has 3 heterocycles. The summed E-state index contributed by atoms with van der Waals surface area (Å²) in [5.41, 5.74) is 1.05. The Morgan fingerprint density at radius 3 is 2.92 bits per heavy atom. The minimum absolute atomic E-state index is 0.0558. The maximum Gasteiger partial charge on any atom is 0.320 e. The predicted molar refractivity (Wildman–Crippen MR) is 95.3 cm³/mol. The largest absolute Gasteiger partial charge is 0.480 e. The maximum absolute atomic E-state index is 11.7. The van der Waals surface area contributed by atoms with Crippen LogP contribution in [0, 0.1) is 0 Å². The molecule has 5 heteroatoms. The van der Waals surface area contributed by atoms with Crippen LogP contribution in [0.5, 0.6) is 0 Å². The number of aliphatic carboxylic acids is 1. The zero-order chi connectivity index (χ0) is 16.5. The number of aromatic nitrogens is 1. The van der Waals surface area contributed by atoms with E-state index in [1.165, 1.54) is 15.0 Å². The van der Waals surface area contributed by atoms with Crippen LogP contribution in [0.25, 0.3) is 10.1 Å². The number of hydrogen-bond acceptors (Lipinski definition) is 4. The van der Waals surface area contributed by atoms with Crippen LogP contribution in [0.15, 0.2) is 54.9 Å². The Bertz CT molecular complexity index is 829. The summed E-state index contributed by atoms with van der Waals surface area (Å²) in [6.07, 6.45) is 5.23. The van der Waals surface area contributed by atoms with Crippen LogP contribution < -0.4 is 0 Å². The van der Waals surface area contributed by atoms with E-state index in [1.807, 2.05) is 30.5 Å². The highest BCUT2D eigenvalue weighted by molar-refractivity contribution is 7.19. The fraction of sp³-hybridized carbons (Fsp3) is 0.263. The number of carboxylic acids is 1. The lowest BCUT2D eigenvalue weighted by atomic mass is 10.0. The van der Waals surface area contributed by atoms with Crippen LogP contribution in [0.1, 0.15) is 29.3 Å².